The number of nitrogens with zero attached hydrogens (tertiary/aromatic N) is 2. The Hall–Kier alpha value is -1.37. The van der Waals surface area contributed by atoms with E-state index in [1.165, 1.54) is 5.56 Å². The fourth-order valence-corrected chi connectivity index (χ4v) is 2.72. The number of rotatable bonds is 3. The summed E-state index contributed by atoms with van der Waals surface area (Å²) in [5.74, 6) is 0.449. The van der Waals surface area contributed by atoms with E-state index in [4.69, 9.17) is 10.00 Å². The minimum absolute atomic E-state index is 0.251. The summed E-state index contributed by atoms with van der Waals surface area (Å²) in [5.41, 5.74) is 2.41. The Morgan fingerprint density at radius 1 is 1.50 bits per heavy atom. The smallest absolute Gasteiger partial charge is 0.0766 e. The molecule has 2 atom stereocenters. The van der Waals surface area contributed by atoms with Crippen LogP contribution in [0.3, 0.4) is 0 Å². The largest absolute Gasteiger partial charge is 0.379 e. The summed E-state index contributed by atoms with van der Waals surface area (Å²) < 4.78 is 5.62. The minimum atomic E-state index is 0.251. The normalized spacial score (nSPS) is 24.7. The monoisotopic (exact) mass is 244 g/mol. The molecule has 3 heteroatoms. The van der Waals surface area contributed by atoms with Gasteiger partial charge in [-0.05, 0) is 31.1 Å². The number of ether oxygens (including phenoxy) is 1. The van der Waals surface area contributed by atoms with E-state index in [0.717, 1.165) is 25.1 Å². The number of nitriles is 1. The first-order valence-corrected chi connectivity index (χ1v) is 6.41. The summed E-state index contributed by atoms with van der Waals surface area (Å²) in [6.07, 6.45) is 1.85. The van der Waals surface area contributed by atoms with Gasteiger partial charge in [-0.2, -0.15) is 5.26 Å². The molecule has 2 rings (SSSR count). The molecule has 1 aromatic rings. The Morgan fingerprint density at radius 2 is 2.33 bits per heavy atom. The van der Waals surface area contributed by atoms with Crippen molar-refractivity contribution in [2.45, 2.75) is 24.9 Å². The molecule has 18 heavy (non-hydrogen) atoms. The van der Waals surface area contributed by atoms with E-state index >= 15 is 0 Å². The first-order valence-electron chi connectivity index (χ1n) is 6.41. The maximum Gasteiger partial charge on any atom is 0.0766 e. The number of methoxy groups -OCH3 is 1. The second-order valence-corrected chi connectivity index (χ2v) is 5.01. The van der Waals surface area contributed by atoms with E-state index in [-0.39, 0.29) is 6.10 Å². The Bertz CT molecular complexity index is 438. The van der Waals surface area contributed by atoms with E-state index in [9.17, 15) is 0 Å². The SMILES string of the molecule is COC1CN(C)CC[C@@H]1c1cccc(CC#N)c1. The molecule has 0 aromatic heterocycles. The van der Waals surface area contributed by atoms with Crippen molar-refractivity contribution in [3.63, 3.8) is 0 Å². The van der Waals surface area contributed by atoms with Gasteiger partial charge in [0.15, 0.2) is 0 Å². The molecule has 1 aliphatic rings. The van der Waals surface area contributed by atoms with Crippen molar-refractivity contribution in [2.24, 2.45) is 0 Å². The predicted molar refractivity (Wildman–Crippen MR) is 71.4 cm³/mol. The van der Waals surface area contributed by atoms with Gasteiger partial charge < -0.3 is 9.64 Å². The van der Waals surface area contributed by atoms with Crippen LogP contribution in [0, 0.1) is 11.3 Å². The van der Waals surface area contributed by atoms with Crippen molar-refractivity contribution in [2.75, 3.05) is 27.2 Å². The fourth-order valence-electron chi connectivity index (χ4n) is 2.72. The van der Waals surface area contributed by atoms with Crippen molar-refractivity contribution < 1.29 is 4.74 Å². The molecule has 1 aliphatic heterocycles. The highest BCUT2D eigenvalue weighted by Gasteiger charge is 2.28. The average Bonchev–Trinajstić information content (AvgIpc) is 2.39. The average molecular weight is 244 g/mol. The third-order valence-electron chi connectivity index (χ3n) is 3.73. The van der Waals surface area contributed by atoms with Crippen molar-refractivity contribution in [1.82, 2.24) is 4.90 Å². The second-order valence-electron chi connectivity index (χ2n) is 5.01. The molecule has 1 fully saturated rings. The number of piperidine rings is 1. The fraction of sp³-hybridized carbons (Fsp3) is 0.533. The summed E-state index contributed by atoms with van der Waals surface area (Å²) in [6.45, 7) is 2.08. The summed E-state index contributed by atoms with van der Waals surface area (Å²) in [5, 5.41) is 8.77. The van der Waals surface area contributed by atoms with Crippen LogP contribution in [-0.4, -0.2) is 38.3 Å². The topological polar surface area (TPSA) is 36.3 Å². The van der Waals surface area contributed by atoms with Gasteiger partial charge in [-0.3, -0.25) is 0 Å². The van der Waals surface area contributed by atoms with Crippen LogP contribution in [0.1, 0.15) is 23.5 Å². The molecule has 0 N–H and O–H groups in total. The molecular weight excluding hydrogens is 224 g/mol. The van der Waals surface area contributed by atoms with Crippen LogP contribution in [-0.2, 0) is 11.2 Å². The van der Waals surface area contributed by atoms with Crippen molar-refractivity contribution in [3.05, 3.63) is 35.4 Å². The number of hydrogen-bond acceptors (Lipinski definition) is 3. The molecule has 0 bridgehead atoms. The van der Waals surface area contributed by atoms with Crippen LogP contribution < -0.4 is 0 Å². The molecule has 1 aromatic carbocycles. The zero-order chi connectivity index (χ0) is 13.0. The third-order valence-corrected chi connectivity index (χ3v) is 3.73. The van der Waals surface area contributed by atoms with Gasteiger partial charge in [-0.1, -0.05) is 24.3 Å². The van der Waals surface area contributed by atoms with Gasteiger partial charge >= 0.3 is 0 Å². The van der Waals surface area contributed by atoms with Crippen LogP contribution in [0.2, 0.25) is 0 Å². The highest BCUT2D eigenvalue weighted by Crippen LogP contribution is 2.30. The maximum atomic E-state index is 8.77. The lowest BCUT2D eigenvalue weighted by molar-refractivity contribution is 0.0233. The summed E-state index contributed by atoms with van der Waals surface area (Å²) in [7, 11) is 3.92. The lowest BCUT2D eigenvalue weighted by atomic mass is 9.86. The van der Waals surface area contributed by atoms with Crippen LogP contribution in [0.4, 0.5) is 0 Å². The highest BCUT2D eigenvalue weighted by molar-refractivity contribution is 5.29. The van der Waals surface area contributed by atoms with Gasteiger partial charge in [-0.15, -0.1) is 0 Å². The molecule has 0 aliphatic carbocycles. The van der Waals surface area contributed by atoms with Crippen molar-refractivity contribution in [1.29, 1.82) is 5.26 Å². The molecule has 1 heterocycles. The van der Waals surface area contributed by atoms with Crippen LogP contribution >= 0.6 is 0 Å². The van der Waals surface area contributed by atoms with E-state index in [2.05, 4.69) is 30.1 Å². The van der Waals surface area contributed by atoms with Gasteiger partial charge in [0.1, 0.15) is 0 Å². The summed E-state index contributed by atoms with van der Waals surface area (Å²) in [6, 6.07) is 10.6. The van der Waals surface area contributed by atoms with E-state index in [1.807, 2.05) is 12.1 Å². The quantitative estimate of drug-likeness (QED) is 0.817. The van der Waals surface area contributed by atoms with Gasteiger partial charge in [0.05, 0.1) is 18.6 Å². The van der Waals surface area contributed by atoms with E-state index < -0.39 is 0 Å². The summed E-state index contributed by atoms with van der Waals surface area (Å²) in [4.78, 5) is 2.31. The van der Waals surface area contributed by atoms with Crippen LogP contribution in [0.5, 0.6) is 0 Å². The molecule has 1 unspecified atom stereocenters. The standard InChI is InChI=1S/C15H20N2O/c1-17-9-7-14(15(11-17)18-2)13-5-3-4-12(10-13)6-8-16/h3-5,10,14-15H,6-7,9,11H2,1-2H3/t14-,15?/m1/s1. The first kappa shape index (κ1) is 13.1. The van der Waals surface area contributed by atoms with Gasteiger partial charge in [0, 0.05) is 19.6 Å². The van der Waals surface area contributed by atoms with Crippen LogP contribution in [0.15, 0.2) is 24.3 Å². The molecular formula is C15H20N2O. The van der Waals surface area contributed by atoms with Crippen molar-refractivity contribution >= 4 is 0 Å². The zero-order valence-electron chi connectivity index (χ0n) is 11.1. The molecule has 1 saturated heterocycles. The Kier molecular flexibility index (Phi) is 4.35. The van der Waals surface area contributed by atoms with Crippen molar-refractivity contribution in [3.8, 4) is 6.07 Å². The van der Waals surface area contributed by atoms with Gasteiger partial charge in [0.25, 0.3) is 0 Å². The first-order chi connectivity index (χ1) is 8.74. The molecule has 0 radical (unpaired) electrons. The maximum absolute atomic E-state index is 8.77. The van der Waals surface area contributed by atoms with E-state index in [1.54, 1.807) is 7.11 Å². The predicted octanol–water partition coefficient (Wildman–Crippen LogP) is 2.19. The Labute approximate surface area is 109 Å². The number of hydrogen-bond donors (Lipinski definition) is 0. The lowest BCUT2D eigenvalue weighted by Crippen LogP contribution is -2.41. The number of benzene rings is 1. The number of likely N-dealkylation sites (N-methyl/N-ethyl adjacent to an activating group) is 1. The molecule has 0 spiro atoms. The summed E-state index contributed by atoms with van der Waals surface area (Å²) >= 11 is 0. The molecule has 3 nitrogen and oxygen atoms in total. The molecule has 0 amide bonds. The zero-order valence-corrected chi connectivity index (χ0v) is 11.1. The van der Waals surface area contributed by atoms with Gasteiger partial charge in [0.2, 0.25) is 0 Å². The van der Waals surface area contributed by atoms with Crippen LogP contribution in [0.25, 0.3) is 0 Å². The third kappa shape index (κ3) is 2.90. The van der Waals surface area contributed by atoms with E-state index in [0.29, 0.717) is 12.3 Å². The second kappa shape index (κ2) is 5.99. The Balaban J connectivity index is 2.19. The Morgan fingerprint density at radius 3 is 3.06 bits per heavy atom. The minimum Gasteiger partial charge on any atom is -0.379 e. The number of likely N-dealkylation sites (tertiary alicyclic amines) is 1. The lowest BCUT2D eigenvalue weighted by Gasteiger charge is -2.36. The highest BCUT2D eigenvalue weighted by atomic mass is 16.5. The molecule has 0 saturated carbocycles. The molecule has 96 valence electrons. The van der Waals surface area contributed by atoms with Gasteiger partial charge in [-0.25, -0.2) is 0 Å².